The molecule has 3 rings (SSSR count). The van der Waals surface area contributed by atoms with Crippen LogP contribution in [0.5, 0.6) is 0 Å². The van der Waals surface area contributed by atoms with Crippen LogP contribution < -0.4 is 20.9 Å². The standard InChI is InChI=1S/C15H14F3N7O6S2/c16-9-2-1-7(5-8(9)12(17)18)25-13(23-30-15(25)27)11-14(24-31-22-11)32-4-3-20-10(26)6-21-33(19,28)29/h1-2,5,12,21H,3-4,6H2,(H,20,26)(H2,19,28,29). The number of rotatable bonds is 10. The number of amides is 1. The van der Waals surface area contributed by atoms with Crippen LogP contribution in [0, 0.1) is 5.82 Å². The van der Waals surface area contributed by atoms with Crippen molar-refractivity contribution in [3.63, 3.8) is 0 Å². The molecule has 0 saturated carbocycles. The van der Waals surface area contributed by atoms with E-state index in [1.54, 1.807) is 0 Å². The number of alkyl halides is 2. The zero-order valence-corrected chi connectivity index (χ0v) is 17.8. The topological polar surface area (TPSA) is 188 Å². The van der Waals surface area contributed by atoms with E-state index >= 15 is 0 Å². The third kappa shape index (κ3) is 6.18. The fraction of sp³-hybridized carbons (Fsp3) is 0.267. The van der Waals surface area contributed by atoms with E-state index in [0.717, 1.165) is 34.5 Å². The van der Waals surface area contributed by atoms with Gasteiger partial charge in [-0.1, -0.05) is 16.9 Å². The van der Waals surface area contributed by atoms with Gasteiger partial charge in [-0.2, -0.15) is 13.1 Å². The fourth-order valence-corrected chi connectivity index (χ4v) is 3.52. The van der Waals surface area contributed by atoms with E-state index in [2.05, 4.69) is 29.9 Å². The summed E-state index contributed by atoms with van der Waals surface area (Å²) in [6.45, 7) is -0.479. The Morgan fingerprint density at radius 2 is 2.03 bits per heavy atom. The second-order valence-electron chi connectivity index (χ2n) is 6.10. The maximum Gasteiger partial charge on any atom is 0.446 e. The molecule has 0 spiro atoms. The molecular weight excluding hydrogens is 495 g/mol. The van der Waals surface area contributed by atoms with E-state index in [1.807, 2.05) is 4.72 Å². The van der Waals surface area contributed by atoms with Gasteiger partial charge in [0.2, 0.25) is 11.7 Å². The Hall–Kier alpha value is -3.22. The number of thioether (sulfide) groups is 1. The Kier molecular flexibility index (Phi) is 7.51. The van der Waals surface area contributed by atoms with E-state index in [1.165, 1.54) is 0 Å². The van der Waals surface area contributed by atoms with Gasteiger partial charge < -0.3 is 5.32 Å². The summed E-state index contributed by atoms with van der Waals surface area (Å²) in [5.74, 6) is -2.88. The summed E-state index contributed by atoms with van der Waals surface area (Å²) in [7, 11) is -4.01. The minimum Gasteiger partial charge on any atom is -0.354 e. The van der Waals surface area contributed by atoms with E-state index in [9.17, 15) is 31.2 Å². The molecule has 33 heavy (non-hydrogen) atoms. The lowest BCUT2D eigenvalue weighted by molar-refractivity contribution is -0.119. The second kappa shape index (κ2) is 10.1. The van der Waals surface area contributed by atoms with Crippen molar-refractivity contribution >= 4 is 27.9 Å². The van der Waals surface area contributed by atoms with Crippen LogP contribution >= 0.6 is 11.8 Å². The number of nitrogens with two attached hydrogens (primary N) is 1. The maximum absolute atomic E-state index is 13.6. The quantitative estimate of drug-likeness (QED) is 0.247. The first-order valence-electron chi connectivity index (χ1n) is 8.73. The molecule has 3 aromatic rings. The summed E-state index contributed by atoms with van der Waals surface area (Å²) in [5, 5.41) is 18.1. The molecule has 1 aromatic carbocycles. The van der Waals surface area contributed by atoms with Gasteiger partial charge in [0.25, 0.3) is 16.6 Å². The number of carbonyl (C=O) groups excluding carboxylic acids is 1. The molecule has 1 amide bonds. The molecule has 13 nitrogen and oxygen atoms in total. The highest BCUT2D eigenvalue weighted by molar-refractivity contribution is 7.99. The van der Waals surface area contributed by atoms with Crippen LogP contribution in [0.15, 0.2) is 37.2 Å². The van der Waals surface area contributed by atoms with E-state index in [4.69, 9.17) is 5.14 Å². The second-order valence-corrected chi connectivity index (χ2v) is 8.56. The Morgan fingerprint density at radius 3 is 2.73 bits per heavy atom. The van der Waals surface area contributed by atoms with Gasteiger partial charge in [0, 0.05) is 12.3 Å². The normalized spacial score (nSPS) is 11.8. The highest BCUT2D eigenvalue weighted by atomic mass is 32.2. The first kappa shape index (κ1) is 24.4. The molecule has 0 saturated heterocycles. The van der Waals surface area contributed by atoms with Crippen molar-refractivity contribution in [1.82, 2.24) is 30.1 Å². The van der Waals surface area contributed by atoms with Crippen molar-refractivity contribution in [1.29, 1.82) is 0 Å². The number of hydrogen-bond acceptors (Lipinski definition) is 10. The average Bonchev–Trinajstić information content (AvgIpc) is 3.35. The molecule has 2 heterocycles. The zero-order chi connectivity index (χ0) is 24.2. The van der Waals surface area contributed by atoms with Crippen LogP contribution in [0.2, 0.25) is 0 Å². The Morgan fingerprint density at radius 1 is 1.27 bits per heavy atom. The summed E-state index contributed by atoms with van der Waals surface area (Å²) in [6, 6.07) is 2.62. The van der Waals surface area contributed by atoms with E-state index < -0.39 is 46.2 Å². The monoisotopic (exact) mass is 509 g/mol. The number of nitrogens with zero attached hydrogens (tertiary/aromatic N) is 4. The van der Waals surface area contributed by atoms with E-state index in [-0.39, 0.29) is 34.5 Å². The number of nitrogens with one attached hydrogen (secondary N) is 2. The minimum atomic E-state index is -4.01. The Balaban J connectivity index is 1.74. The molecule has 0 aliphatic heterocycles. The Labute approximate surface area is 186 Å². The molecular formula is C15H14F3N7O6S2. The maximum atomic E-state index is 13.6. The highest BCUT2D eigenvalue weighted by Gasteiger charge is 2.24. The van der Waals surface area contributed by atoms with Crippen LogP contribution in [0.3, 0.4) is 0 Å². The minimum absolute atomic E-state index is 0.0728. The predicted molar refractivity (Wildman–Crippen MR) is 105 cm³/mol. The molecule has 0 aliphatic rings. The van der Waals surface area contributed by atoms with Crippen LogP contribution in [0.4, 0.5) is 13.2 Å². The van der Waals surface area contributed by atoms with Crippen molar-refractivity contribution in [2.24, 2.45) is 5.14 Å². The summed E-state index contributed by atoms with van der Waals surface area (Å²) in [5.41, 5.74) is -1.15. The van der Waals surface area contributed by atoms with Gasteiger partial charge in [0.15, 0.2) is 10.7 Å². The van der Waals surface area contributed by atoms with Crippen molar-refractivity contribution in [2.75, 3.05) is 18.8 Å². The van der Waals surface area contributed by atoms with Gasteiger partial charge in [0.1, 0.15) is 5.82 Å². The predicted octanol–water partition coefficient (Wildman–Crippen LogP) is -0.0464. The lowest BCUT2D eigenvalue weighted by Gasteiger charge is -2.07. The van der Waals surface area contributed by atoms with E-state index in [0.29, 0.717) is 0 Å². The molecule has 0 atom stereocenters. The Bertz CT molecular complexity index is 1310. The van der Waals surface area contributed by atoms with Crippen molar-refractivity contribution < 1.29 is 35.5 Å². The third-order valence-electron chi connectivity index (χ3n) is 3.84. The molecule has 4 N–H and O–H groups in total. The SMILES string of the molecule is NS(=O)(=O)NCC(=O)NCCSc1nonc1-c1noc(=O)n1-c1ccc(F)c(C(F)F)c1. The molecule has 2 aromatic heterocycles. The summed E-state index contributed by atoms with van der Waals surface area (Å²) in [4.78, 5) is 23.7. The molecule has 0 bridgehead atoms. The third-order valence-corrected chi connectivity index (χ3v) is 5.34. The van der Waals surface area contributed by atoms with Crippen LogP contribution in [0.25, 0.3) is 17.2 Å². The van der Waals surface area contributed by atoms with Gasteiger partial charge in [0.05, 0.1) is 17.8 Å². The molecule has 0 aliphatic carbocycles. The largest absolute Gasteiger partial charge is 0.446 e. The van der Waals surface area contributed by atoms with Crippen molar-refractivity contribution in [3.05, 3.63) is 40.1 Å². The van der Waals surface area contributed by atoms with Crippen LogP contribution in [0.1, 0.15) is 12.0 Å². The number of aromatic nitrogens is 4. The highest BCUT2D eigenvalue weighted by Crippen LogP contribution is 2.29. The van der Waals surface area contributed by atoms with Gasteiger partial charge in [-0.05, 0) is 28.5 Å². The van der Waals surface area contributed by atoms with Gasteiger partial charge in [-0.3, -0.25) is 9.32 Å². The lowest BCUT2D eigenvalue weighted by Crippen LogP contribution is -2.40. The van der Waals surface area contributed by atoms with Crippen molar-refractivity contribution in [3.8, 4) is 17.2 Å². The van der Waals surface area contributed by atoms with Crippen molar-refractivity contribution in [2.45, 2.75) is 11.5 Å². The summed E-state index contributed by atoms with van der Waals surface area (Å²) in [6.07, 6.45) is -3.13. The molecule has 178 valence electrons. The summed E-state index contributed by atoms with van der Waals surface area (Å²) >= 11 is 1.02. The number of benzene rings is 1. The first-order chi connectivity index (χ1) is 15.6. The molecule has 0 unspecified atom stereocenters. The molecule has 0 fully saturated rings. The molecule has 0 radical (unpaired) electrons. The number of hydrogen-bond donors (Lipinski definition) is 3. The zero-order valence-electron chi connectivity index (χ0n) is 16.2. The molecule has 18 heteroatoms. The average molecular weight is 509 g/mol. The number of halogens is 3. The van der Waals surface area contributed by atoms with Crippen LogP contribution in [-0.2, 0) is 15.0 Å². The smallest absolute Gasteiger partial charge is 0.354 e. The van der Waals surface area contributed by atoms with Crippen LogP contribution in [-0.4, -0.2) is 53.2 Å². The lowest BCUT2D eigenvalue weighted by atomic mass is 10.2. The van der Waals surface area contributed by atoms with Gasteiger partial charge >= 0.3 is 5.76 Å². The fourth-order valence-electron chi connectivity index (χ4n) is 2.44. The van der Waals surface area contributed by atoms with Gasteiger partial charge in [-0.25, -0.2) is 32.3 Å². The number of carbonyl (C=O) groups is 1. The first-order valence-corrected chi connectivity index (χ1v) is 11.3. The summed E-state index contributed by atoms with van der Waals surface area (Å²) < 4.78 is 73.1. The van der Waals surface area contributed by atoms with Gasteiger partial charge in [-0.15, -0.1) is 0 Å².